The Balaban J connectivity index is 0.00000225. The molecule has 132 valence electrons. The van der Waals surface area contributed by atoms with Crippen molar-refractivity contribution in [2.24, 2.45) is 5.73 Å². The first-order chi connectivity index (χ1) is 11.8. The highest BCUT2D eigenvalue weighted by Crippen LogP contribution is 2.11. The van der Waals surface area contributed by atoms with Crippen LogP contribution in [0.3, 0.4) is 0 Å². The molecule has 0 aliphatic heterocycles. The zero-order valence-electron chi connectivity index (χ0n) is 14.0. The molecular formula is C19H23ClN4O. The van der Waals surface area contributed by atoms with Crippen molar-refractivity contribution in [3.05, 3.63) is 66.4 Å². The molecule has 25 heavy (non-hydrogen) atoms. The van der Waals surface area contributed by atoms with Crippen LogP contribution in [0.15, 0.2) is 60.8 Å². The van der Waals surface area contributed by atoms with Gasteiger partial charge in [0.1, 0.15) is 6.54 Å². The number of fused-ring (bicyclic) bond motifs is 1. The lowest BCUT2D eigenvalue weighted by atomic mass is 10.1. The lowest BCUT2D eigenvalue weighted by Gasteiger charge is -2.22. The third-order valence-corrected chi connectivity index (χ3v) is 4.02. The summed E-state index contributed by atoms with van der Waals surface area (Å²) < 4.78 is 1.71. The van der Waals surface area contributed by atoms with Crippen LogP contribution in [0, 0.1) is 0 Å². The van der Waals surface area contributed by atoms with Gasteiger partial charge in [-0.05, 0) is 18.1 Å². The fraction of sp³-hybridized carbons (Fsp3) is 0.263. The van der Waals surface area contributed by atoms with Crippen molar-refractivity contribution in [2.45, 2.75) is 13.0 Å². The lowest BCUT2D eigenvalue weighted by Crippen LogP contribution is -2.39. The Morgan fingerprint density at radius 1 is 1.04 bits per heavy atom. The minimum absolute atomic E-state index is 0. The third-order valence-electron chi connectivity index (χ3n) is 4.02. The van der Waals surface area contributed by atoms with E-state index in [9.17, 15) is 4.79 Å². The molecule has 0 spiro atoms. The van der Waals surface area contributed by atoms with Gasteiger partial charge in [-0.1, -0.05) is 48.5 Å². The Morgan fingerprint density at radius 2 is 1.76 bits per heavy atom. The van der Waals surface area contributed by atoms with Gasteiger partial charge in [0, 0.05) is 31.2 Å². The largest absolute Gasteiger partial charge is 0.339 e. The fourth-order valence-corrected chi connectivity index (χ4v) is 2.76. The van der Waals surface area contributed by atoms with Gasteiger partial charge in [0.05, 0.1) is 5.52 Å². The smallest absolute Gasteiger partial charge is 0.244 e. The SMILES string of the molecule is Cl.NCCN(CCc1ccccc1)C(=O)Cn1cc2ccccc2n1. The number of hydrogen-bond donors (Lipinski definition) is 1. The Labute approximate surface area is 153 Å². The van der Waals surface area contributed by atoms with E-state index in [-0.39, 0.29) is 24.9 Å². The second kappa shape index (κ2) is 9.20. The maximum atomic E-state index is 12.6. The summed E-state index contributed by atoms with van der Waals surface area (Å²) in [6.07, 6.45) is 2.73. The molecule has 2 N–H and O–H groups in total. The van der Waals surface area contributed by atoms with Crippen LogP contribution in [0.25, 0.3) is 10.9 Å². The molecule has 1 heterocycles. The van der Waals surface area contributed by atoms with E-state index in [1.807, 2.05) is 53.6 Å². The van der Waals surface area contributed by atoms with Crippen molar-refractivity contribution in [3.63, 3.8) is 0 Å². The van der Waals surface area contributed by atoms with E-state index in [4.69, 9.17) is 5.73 Å². The van der Waals surface area contributed by atoms with E-state index in [1.165, 1.54) is 5.56 Å². The predicted octanol–water partition coefficient (Wildman–Crippen LogP) is 2.49. The van der Waals surface area contributed by atoms with Crippen molar-refractivity contribution in [3.8, 4) is 0 Å². The molecule has 6 heteroatoms. The molecule has 3 rings (SSSR count). The first kappa shape index (κ1) is 19.0. The normalized spacial score (nSPS) is 10.4. The second-order valence-corrected chi connectivity index (χ2v) is 5.79. The number of aromatic nitrogens is 2. The molecule has 1 aromatic heterocycles. The molecule has 0 aliphatic rings. The maximum Gasteiger partial charge on any atom is 0.244 e. The third kappa shape index (κ3) is 5.05. The first-order valence-electron chi connectivity index (χ1n) is 8.20. The van der Waals surface area contributed by atoms with Crippen LogP contribution < -0.4 is 5.73 Å². The van der Waals surface area contributed by atoms with E-state index in [1.54, 1.807) is 4.68 Å². The summed E-state index contributed by atoms with van der Waals surface area (Å²) in [5.74, 6) is 0.0455. The second-order valence-electron chi connectivity index (χ2n) is 5.79. The maximum absolute atomic E-state index is 12.6. The molecule has 3 aromatic rings. The average molecular weight is 359 g/mol. The van der Waals surface area contributed by atoms with Gasteiger partial charge in [0.2, 0.25) is 5.91 Å². The van der Waals surface area contributed by atoms with Crippen LogP contribution in [0.1, 0.15) is 5.56 Å². The minimum Gasteiger partial charge on any atom is -0.339 e. The van der Waals surface area contributed by atoms with Crippen molar-refractivity contribution in [1.82, 2.24) is 14.7 Å². The van der Waals surface area contributed by atoms with Gasteiger partial charge in [-0.2, -0.15) is 5.10 Å². The van der Waals surface area contributed by atoms with Gasteiger partial charge in [-0.3, -0.25) is 9.48 Å². The van der Waals surface area contributed by atoms with Gasteiger partial charge in [-0.15, -0.1) is 12.4 Å². The number of amides is 1. The summed E-state index contributed by atoms with van der Waals surface area (Å²) in [6, 6.07) is 18.0. The van der Waals surface area contributed by atoms with Crippen LogP contribution >= 0.6 is 12.4 Å². The molecule has 0 unspecified atom stereocenters. The van der Waals surface area contributed by atoms with Crippen LogP contribution in [0.5, 0.6) is 0 Å². The van der Waals surface area contributed by atoms with Crippen LogP contribution in [-0.4, -0.2) is 40.2 Å². The summed E-state index contributed by atoms with van der Waals surface area (Å²) in [7, 11) is 0. The number of benzene rings is 2. The lowest BCUT2D eigenvalue weighted by molar-refractivity contribution is -0.131. The van der Waals surface area contributed by atoms with Gasteiger partial charge in [0.15, 0.2) is 0 Å². The summed E-state index contributed by atoms with van der Waals surface area (Å²) in [5.41, 5.74) is 7.80. The number of hydrogen-bond acceptors (Lipinski definition) is 3. The van der Waals surface area contributed by atoms with E-state index in [0.29, 0.717) is 19.6 Å². The van der Waals surface area contributed by atoms with Gasteiger partial charge in [0.25, 0.3) is 0 Å². The molecule has 5 nitrogen and oxygen atoms in total. The van der Waals surface area contributed by atoms with Crippen LogP contribution in [-0.2, 0) is 17.8 Å². The number of rotatable bonds is 7. The molecule has 2 aromatic carbocycles. The molecule has 0 saturated carbocycles. The minimum atomic E-state index is 0. The zero-order chi connectivity index (χ0) is 16.8. The van der Waals surface area contributed by atoms with Gasteiger partial charge in [-0.25, -0.2) is 0 Å². The van der Waals surface area contributed by atoms with Crippen LogP contribution in [0.2, 0.25) is 0 Å². The number of carbonyl (C=O) groups excluding carboxylic acids is 1. The van der Waals surface area contributed by atoms with Gasteiger partial charge >= 0.3 is 0 Å². The first-order valence-corrected chi connectivity index (χ1v) is 8.20. The number of halogens is 1. The standard InChI is InChI=1S/C19H22N4O.ClH/c20-11-13-22(12-10-16-6-2-1-3-7-16)19(24)15-23-14-17-8-4-5-9-18(17)21-23;/h1-9,14H,10-13,15,20H2;1H. The topological polar surface area (TPSA) is 64.2 Å². The van der Waals surface area contributed by atoms with Crippen molar-refractivity contribution >= 4 is 29.2 Å². The molecular weight excluding hydrogens is 336 g/mol. The fourth-order valence-electron chi connectivity index (χ4n) is 2.76. The highest BCUT2D eigenvalue weighted by atomic mass is 35.5. The zero-order valence-corrected chi connectivity index (χ0v) is 14.9. The molecule has 0 saturated heterocycles. The summed E-state index contributed by atoms with van der Waals surface area (Å²) in [6.45, 7) is 1.93. The highest BCUT2D eigenvalue weighted by molar-refractivity contribution is 5.85. The summed E-state index contributed by atoms with van der Waals surface area (Å²) in [5, 5.41) is 5.49. The number of nitrogens with zero attached hydrogens (tertiary/aromatic N) is 3. The average Bonchev–Trinajstić information content (AvgIpc) is 3.01. The van der Waals surface area contributed by atoms with E-state index in [2.05, 4.69) is 17.2 Å². The van der Waals surface area contributed by atoms with Gasteiger partial charge < -0.3 is 10.6 Å². The predicted molar refractivity (Wildman–Crippen MR) is 103 cm³/mol. The van der Waals surface area contributed by atoms with Crippen molar-refractivity contribution < 1.29 is 4.79 Å². The number of carbonyl (C=O) groups is 1. The van der Waals surface area contributed by atoms with Crippen molar-refractivity contribution in [1.29, 1.82) is 0 Å². The monoisotopic (exact) mass is 358 g/mol. The Morgan fingerprint density at radius 3 is 2.48 bits per heavy atom. The molecule has 0 aliphatic carbocycles. The molecule has 0 fully saturated rings. The quantitative estimate of drug-likeness (QED) is 0.705. The van der Waals surface area contributed by atoms with E-state index < -0.39 is 0 Å². The van der Waals surface area contributed by atoms with Crippen molar-refractivity contribution in [2.75, 3.05) is 19.6 Å². The highest BCUT2D eigenvalue weighted by Gasteiger charge is 2.14. The molecule has 1 amide bonds. The molecule has 0 radical (unpaired) electrons. The van der Waals surface area contributed by atoms with E-state index in [0.717, 1.165) is 17.3 Å². The van der Waals surface area contributed by atoms with Crippen LogP contribution in [0.4, 0.5) is 0 Å². The molecule has 0 bridgehead atoms. The molecule has 0 atom stereocenters. The Kier molecular flexibility index (Phi) is 6.98. The van der Waals surface area contributed by atoms with E-state index >= 15 is 0 Å². The Hall–Kier alpha value is -2.37. The Bertz CT molecular complexity index is 770. The number of nitrogens with two attached hydrogens (primary N) is 1. The summed E-state index contributed by atoms with van der Waals surface area (Å²) in [4.78, 5) is 14.4. The summed E-state index contributed by atoms with van der Waals surface area (Å²) >= 11 is 0.